The van der Waals surface area contributed by atoms with Gasteiger partial charge in [-0.2, -0.15) is 13.2 Å². The summed E-state index contributed by atoms with van der Waals surface area (Å²) in [4.78, 5) is 9.79. The van der Waals surface area contributed by atoms with E-state index in [2.05, 4.69) is 0 Å². The minimum atomic E-state index is -4.24. The predicted octanol–water partition coefficient (Wildman–Crippen LogP) is 2.94. The minimum Gasteiger partial charge on any atom is -0.324 e. The van der Waals surface area contributed by atoms with Crippen LogP contribution in [0.3, 0.4) is 0 Å². The number of alkyl halides is 3. The number of nitrogens with two attached hydrogens (primary N) is 1. The lowest BCUT2D eigenvalue weighted by Gasteiger charge is -2.13. The van der Waals surface area contributed by atoms with Crippen molar-refractivity contribution < 1.29 is 18.1 Å². The van der Waals surface area contributed by atoms with E-state index in [0.717, 1.165) is 0 Å². The lowest BCUT2D eigenvalue weighted by Crippen LogP contribution is -2.15. The SMILES string of the molecule is N[C@H](CCC(F)(F)F)c1ccc([N+](=O)[O-])cc1. The molecular weight excluding hydrogens is 237 g/mol. The zero-order chi connectivity index (χ0) is 13.1. The van der Waals surface area contributed by atoms with E-state index in [1.165, 1.54) is 24.3 Å². The van der Waals surface area contributed by atoms with Gasteiger partial charge >= 0.3 is 6.18 Å². The quantitative estimate of drug-likeness (QED) is 0.657. The van der Waals surface area contributed by atoms with E-state index in [0.29, 0.717) is 5.56 Å². The maximum absolute atomic E-state index is 12.0. The third kappa shape index (κ3) is 4.39. The van der Waals surface area contributed by atoms with Crippen LogP contribution in [0.25, 0.3) is 0 Å². The third-order valence-corrected chi connectivity index (χ3v) is 2.27. The molecule has 1 rings (SSSR count). The molecule has 2 N–H and O–H groups in total. The molecule has 0 aromatic heterocycles. The number of rotatable bonds is 4. The average molecular weight is 248 g/mol. The Morgan fingerprint density at radius 2 is 1.82 bits per heavy atom. The van der Waals surface area contributed by atoms with Crippen LogP contribution in [0.5, 0.6) is 0 Å². The van der Waals surface area contributed by atoms with Crippen LogP contribution in [0.4, 0.5) is 18.9 Å². The molecular formula is C10H11F3N2O2. The van der Waals surface area contributed by atoms with Gasteiger partial charge < -0.3 is 5.73 Å². The molecule has 0 saturated heterocycles. The van der Waals surface area contributed by atoms with Crippen LogP contribution < -0.4 is 5.73 Å². The van der Waals surface area contributed by atoms with Crippen molar-refractivity contribution in [2.75, 3.05) is 0 Å². The zero-order valence-corrected chi connectivity index (χ0v) is 8.78. The highest BCUT2D eigenvalue weighted by molar-refractivity contribution is 5.34. The van der Waals surface area contributed by atoms with Gasteiger partial charge in [0.15, 0.2) is 0 Å². The Labute approximate surface area is 95.4 Å². The molecule has 94 valence electrons. The van der Waals surface area contributed by atoms with E-state index in [-0.39, 0.29) is 12.1 Å². The first kappa shape index (κ1) is 13.4. The van der Waals surface area contributed by atoms with Crippen LogP contribution in [0.2, 0.25) is 0 Å². The molecule has 17 heavy (non-hydrogen) atoms. The van der Waals surface area contributed by atoms with Crippen molar-refractivity contribution >= 4 is 5.69 Å². The van der Waals surface area contributed by atoms with Crippen molar-refractivity contribution in [3.8, 4) is 0 Å². The van der Waals surface area contributed by atoms with Gasteiger partial charge in [0.1, 0.15) is 0 Å². The second-order valence-electron chi connectivity index (χ2n) is 3.61. The standard InChI is InChI=1S/C10H11F3N2O2/c11-10(12,13)6-5-9(14)7-1-3-8(4-2-7)15(16)17/h1-4,9H,5-6,14H2/t9-/m1/s1. The molecule has 0 aliphatic rings. The highest BCUT2D eigenvalue weighted by atomic mass is 19.4. The second-order valence-corrected chi connectivity index (χ2v) is 3.61. The van der Waals surface area contributed by atoms with Gasteiger partial charge in [0, 0.05) is 24.6 Å². The summed E-state index contributed by atoms with van der Waals surface area (Å²) < 4.78 is 35.9. The fourth-order valence-electron chi connectivity index (χ4n) is 1.33. The van der Waals surface area contributed by atoms with Gasteiger partial charge in [-0.3, -0.25) is 10.1 Å². The fourth-order valence-corrected chi connectivity index (χ4v) is 1.33. The Morgan fingerprint density at radius 3 is 2.24 bits per heavy atom. The topological polar surface area (TPSA) is 69.2 Å². The number of benzene rings is 1. The summed E-state index contributed by atoms with van der Waals surface area (Å²) in [6.45, 7) is 0. The number of nitro benzene ring substituents is 1. The third-order valence-electron chi connectivity index (χ3n) is 2.27. The van der Waals surface area contributed by atoms with Crippen molar-refractivity contribution in [3.63, 3.8) is 0 Å². The van der Waals surface area contributed by atoms with Crippen LogP contribution >= 0.6 is 0 Å². The number of non-ortho nitro benzene ring substituents is 1. The van der Waals surface area contributed by atoms with Gasteiger partial charge in [-0.25, -0.2) is 0 Å². The number of hydrogen-bond acceptors (Lipinski definition) is 3. The van der Waals surface area contributed by atoms with E-state index in [4.69, 9.17) is 5.73 Å². The van der Waals surface area contributed by atoms with Crippen molar-refractivity contribution in [1.29, 1.82) is 0 Å². The molecule has 0 aliphatic heterocycles. The normalized spacial score (nSPS) is 13.4. The zero-order valence-electron chi connectivity index (χ0n) is 8.78. The predicted molar refractivity (Wildman–Crippen MR) is 55.3 cm³/mol. The number of hydrogen-bond donors (Lipinski definition) is 1. The smallest absolute Gasteiger partial charge is 0.324 e. The van der Waals surface area contributed by atoms with Gasteiger partial charge in [0.2, 0.25) is 0 Å². The Morgan fingerprint density at radius 1 is 1.29 bits per heavy atom. The lowest BCUT2D eigenvalue weighted by molar-refractivity contribution is -0.384. The van der Waals surface area contributed by atoms with Crippen molar-refractivity contribution in [2.45, 2.75) is 25.1 Å². The Kier molecular flexibility index (Phi) is 4.06. The molecule has 4 nitrogen and oxygen atoms in total. The maximum atomic E-state index is 12.0. The summed E-state index contributed by atoms with van der Waals surface area (Å²) in [5.41, 5.74) is 5.90. The number of nitro groups is 1. The summed E-state index contributed by atoms with van der Waals surface area (Å²) in [6.07, 6.45) is -5.44. The first-order chi connectivity index (χ1) is 7.79. The molecule has 0 unspecified atom stereocenters. The van der Waals surface area contributed by atoms with Crippen molar-refractivity contribution in [1.82, 2.24) is 0 Å². The van der Waals surface area contributed by atoms with E-state index < -0.39 is 23.6 Å². The second kappa shape index (κ2) is 5.13. The van der Waals surface area contributed by atoms with E-state index in [9.17, 15) is 23.3 Å². The molecule has 0 radical (unpaired) electrons. The van der Waals surface area contributed by atoms with Gasteiger partial charge in [-0.1, -0.05) is 12.1 Å². The van der Waals surface area contributed by atoms with Crippen molar-refractivity contribution in [3.05, 3.63) is 39.9 Å². The number of halogens is 3. The molecule has 0 heterocycles. The Balaban J connectivity index is 2.63. The molecule has 0 fully saturated rings. The van der Waals surface area contributed by atoms with E-state index in [1.54, 1.807) is 0 Å². The van der Waals surface area contributed by atoms with E-state index >= 15 is 0 Å². The molecule has 0 saturated carbocycles. The summed E-state index contributed by atoms with van der Waals surface area (Å²) in [7, 11) is 0. The minimum absolute atomic E-state index is 0.114. The molecule has 1 atom stereocenters. The first-order valence-corrected chi connectivity index (χ1v) is 4.86. The molecule has 7 heteroatoms. The molecule has 0 amide bonds. The van der Waals surface area contributed by atoms with Crippen LogP contribution in [-0.4, -0.2) is 11.1 Å². The average Bonchev–Trinajstić information content (AvgIpc) is 2.25. The van der Waals surface area contributed by atoms with Gasteiger partial charge in [-0.05, 0) is 12.0 Å². The summed E-state index contributed by atoms with van der Waals surface area (Å²) >= 11 is 0. The largest absolute Gasteiger partial charge is 0.389 e. The van der Waals surface area contributed by atoms with Crippen LogP contribution in [0.15, 0.2) is 24.3 Å². The van der Waals surface area contributed by atoms with Gasteiger partial charge in [0.05, 0.1) is 4.92 Å². The first-order valence-electron chi connectivity index (χ1n) is 4.86. The molecule has 0 bridgehead atoms. The number of nitrogens with zero attached hydrogens (tertiary/aromatic N) is 1. The van der Waals surface area contributed by atoms with Crippen LogP contribution in [0.1, 0.15) is 24.4 Å². The molecule has 1 aromatic carbocycles. The Hall–Kier alpha value is -1.63. The summed E-state index contributed by atoms with van der Waals surface area (Å²) in [5, 5.41) is 10.4. The van der Waals surface area contributed by atoms with E-state index in [1.807, 2.05) is 0 Å². The summed E-state index contributed by atoms with van der Waals surface area (Å²) in [5.74, 6) is 0. The summed E-state index contributed by atoms with van der Waals surface area (Å²) in [6, 6.07) is 4.43. The molecule has 1 aromatic rings. The molecule has 0 spiro atoms. The van der Waals surface area contributed by atoms with Crippen LogP contribution in [-0.2, 0) is 0 Å². The van der Waals surface area contributed by atoms with Crippen molar-refractivity contribution in [2.24, 2.45) is 5.73 Å². The maximum Gasteiger partial charge on any atom is 0.389 e. The van der Waals surface area contributed by atoms with Crippen LogP contribution in [0, 0.1) is 10.1 Å². The molecule has 0 aliphatic carbocycles. The highest BCUT2D eigenvalue weighted by Gasteiger charge is 2.27. The highest BCUT2D eigenvalue weighted by Crippen LogP contribution is 2.26. The fraction of sp³-hybridized carbons (Fsp3) is 0.400. The lowest BCUT2D eigenvalue weighted by atomic mass is 10.0. The van der Waals surface area contributed by atoms with Gasteiger partial charge in [-0.15, -0.1) is 0 Å². The monoisotopic (exact) mass is 248 g/mol. The van der Waals surface area contributed by atoms with Gasteiger partial charge in [0.25, 0.3) is 5.69 Å². The Bertz CT molecular complexity index is 390.